The van der Waals surface area contributed by atoms with E-state index >= 15 is 0 Å². The van der Waals surface area contributed by atoms with Gasteiger partial charge in [0.25, 0.3) is 5.91 Å². The Bertz CT molecular complexity index is 800. The Morgan fingerprint density at radius 1 is 1.27 bits per heavy atom. The van der Waals surface area contributed by atoms with E-state index in [9.17, 15) is 14.4 Å². The fourth-order valence-corrected chi connectivity index (χ4v) is 3.83. The molecule has 3 N–H and O–H groups in total. The quantitative estimate of drug-likeness (QED) is 0.675. The third-order valence-electron chi connectivity index (χ3n) is 5.50. The molecule has 1 saturated heterocycles. The maximum atomic E-state index is 13.2. The first-order valence-electron chi connectivity index (χ1n) is 10.4. The van der Waals surface area contributed by atoms with Gasteiger partial charge in [-0.15, -0.1) is 0 Å². The number of likely N-dealkylation sites (N-methyl/N-ethyl adjacent to an activating group) is 1. The first-order valence-corrected chi connectivity index (χ1v) is 10.4. The summed E-state index contributed by atoms with van der Waals surface area (Å²) in [6.45, 7) is 2.83. The largest absolute Gasteiger partial charge is 0.490 e. The summed E-state index contributed by atoms with van der Waals surface area (Å²) in [7, 11) is 3.36. The number of urea groups is 1. The number of hydrogen-bond donors (Lipinski definition) is 3. The zero-order valence-electron chi connectivity index (χ0n) is 17.7. The van der Waals surface area contributed by atoms with Gasteiger partial charge in [0.15, 0.2) is 0 Å². The number of carbonyl (C=O) groups is 3. The second-order valence-electron chi connectivity index (χ2n) is 7.64. The summed E-state index contributed by atoms with van der Waals surface area (Å²) >= 11 is 0. The van der Waals surface area contributed by atoms with Crippen molar-refractivity contribution in [2.75, 3.05) is 32.6 Å². The van der Waals surface area contributed by atoms with Gasteiger partial charge in [0.1, 0.15) is 18.5 Å². The van der Waals surface area contributed by atoms with Crippen molar-refractivity contribution >= 4 is 23.5 Å². The Morgan fingerprint density at radius 2 is 2.07 bits per heavy atom. The van der Waals surface area contributed by atoms with Crippen LogP contribution < -0.4 is 20.7 Å². The maximum Gasteiger partial charge on any atom is 0.319 e. The van der Waals surface area contributed by atoms with Gasteiger partial charge in [-0.1, -0.05) is 6.92 Å². The summed E-state index contributed by atoms with van der Waals surface area (Å²) < 4.78 is 12.0. The van der Waals surface area contributed by atoms with Crippen LogP contribution in [0, 0.1) is 0 Å². The second-order valence-corrected chi connectivity index (χ2v) is 7.64. The highest BCUT2D eigenvalue weighted by Crippen LogP contribution is 2.32. The van der Waals surface area contributed by atoms with Crippen molar-refractivity contribution in [1.82, 2.24) is 15.5 Å². The van der Waals surface area contributed by atoms with Gasteiger partial charge in [-0.05, 0) is 37.5 Å². The molecule has 1 fully saturated rings. The number of ether oxygens (including phenoxy) is 2. The molecular formula is C21H30N4O5. The van der Waals surface area contributed by atoms with Crippen molar-refractivity contribution in [2.45, 2.75) is 50.9 Å². The zero-order chi connectivity index (χ0) is 21.7. The summed E-state index contributed by atoms with van der Waals surface area (Å²) in [5.41, 5.74) is 0.923. The highest BCUT2D eigenvalue weighted by atomic mass is 16.5. The first kappa shape index (κ1) is 21.9. The van der Waals surface area contributed by atoms with E-state index in [1.165, 1.54) is 0 Å². The number of carbonyl (C=O) groups excluding carboxylic acids is 3. The molecule has 0 radical (unpaired) electrons. The molecule has 0 unspecified atom stereocenters. The molecule has 1 aromatic carbocycles. The van der Waals surface area contributed by atoms with Crippen LogP contribution in [0.1, 0.15) is 43.0 Å². The Hall–Kier alpha value is -2.81. The van der Waals surface area contributed by atoms with E-state index in [1.54, 1.807) is 37.2 Å². The summed E-state index contributed by atoms with van der Waals surface area (Å²) in [4.78, 5) is 38.5. The number of anilines is 1. The van der Waals surface area contributed by atoms with E-state index in [2.05, 4.69) is 16.0 Å². The molecule has 0 saturated carbocycles. The minimum atomic E-state index is -0.313. The van der Waals surface area contributed by atoms with Gasteiger partial charge in [0, 0.05) is 26.3 Å². The molecule has 0 aliphatic carbocycles. The molecule has 9 heteroatoms. The van der Waals surface area contributed by atoms with E-state index in [-0.39, 0.29) is 42.7 Å². The van der Waals surface area contributed by atoms with E-state index in [0.717, 1.165) is 12.8 Å². The Labute approximate surface area is 176 Å². The third kappa shape index (κ3) is 5.02. The fraction of sp³-hybridized carbons (Fsp3) is 0.571. The number of benzene rings is 1. The van der Waals surface area contributed by atoms with Crippen LogP contribution in [0.2, 0.25) is 0 Å². The van der Waals surface area contributed by atoms with Crippen LogP contribution >= 0.6 is 0 Å². The van der Waals surface area contributed by atoms with Gasteiger partial charge in [-0.2, -0.15) is 0 Å². The van der Waals surface area contributed by atoms with Gasteiger partial charge in [0.2, 0.25) is 5.91 Å². The monoisotopic (exact) mass is 418 g/mol. The molecule has 3 rings (SSSR count). The topological polar surface area (TPSA) is 109 Å². The molecule has 2 aliphatic heterocycles. The van der Waals surface area contributed by atoms with E-state index in [0.29, 0.717) is 36.4 Å². The van der Waals surface area contributed by atoms with Crippen LogP contribution in [-0.2, 0) is 9.53 Å². The molecule has 30 heavy (non-hydrogen) atoms. The lowest BCUT2D eigenvalue weighted by Gasteiger charge is -2.42. The zero-order valence-corrected chi connectivity index (χ0v) is 17.7. The average Bonchev–Trinajstić information content (AvgIpc) is 2.75. The summed E-state index contributed by atoms with van der Waals surface area (Å²) in [5.74, 6) is 0.190. The van der Waals surface area contributed by atoms with Crippen LogP contribution in [0.3, 0.4) is 0 Å². The number of amides is 4. The number of fused-ring (bicyclic) bond motifs is 2. The van der Waals surface area contributed by atoms with Crippen molar-refractivity contribution in [3.05, 3.63) is 23.8 Å². The molecule has 9 nitrogen and oxygen atoms in total. The smallest absolute Gasteiger partial charge is 0.319 e. The molecule has 164 valence electrons. The summed E-state index contributed by atoms with van der Waals surface area (Å²) in [6.07, 6.45) is 2.05. The molecule has 2 aliphatic rings. The lowest BCUT2D eigenvalue weighted by Crippen LogP contribution is -2.53. The van der Waals surface area contributed by atoms with Gasteiger partial charge < -0.3 is 30.3 Å². The van der Waals surface area contributed by atoms with Gasteiger partial charge in [-0.25, -0.2) is 4.79 Å². The first-order chi connectivity index (χ1) is 14.4. The maximum absolute atomic E-state index is 13.2. The molecular weight excluding hydrogens is 388 g/mol. The van der Waals surface area contributed by atoms with E-state index in [1.807, 2.05) is 6.92 Å². The van der Waals surface area contributed by atoms with Crippen molar-refractivity contribution in [3.63, 3.8) is 0 Å². The van der Waals surface area contributed by atoms with Gasteiger partial charge in [-0.3, -0.25) is 9.59 Å². The highest BCUT2D eigenvalue weighted by Gasteiger charge is 2.39. The number of rotatable bonds is 5. The van der Waals surface area contributed by atoms with Crippen LogP contribution in [0.25, 0.3) is 0 Å². The molecule has 3 atom stereocenters. The summed E-state index contributed by atoms with van der Waals surface area (Å²) in [5, 5.41) is 8.10. The molecule has 0 bridgehead atoms. The second kappa shape index (κ2) is 9.80. The van der Waals surface area contributed by atoms with E-state index in [4.69, 9.17) is 9.47 Å². The number of hydrogen-bond acceptors (Lipinski definition) is 5. The van der Waals surface area contributed by atoms with Gasteiger partial charge in [0.05, 0.1) is 24.1 Å². The third-order valence-corrected chi connectivity index (χ3v) is 5.50. The number of nitrogens with zero attached hydrogens (tertiary/aromatic N) is 1. The predicted octanol–water partition coefficient (Wildman–Crippen LogP) is 1.73. The predicted molar refractivity (Wildman–Crippen MR) is 112 cm³/mol. The van der Waals surface area contributed by atoms with Crippen molar-refractivity contribution < 1.29 is 23.9 Å². The van der Waals surface area contributed by atoms with Crippen LogP contribution in [-0.4, -0.2) is 68.2 Å². The SMILES string of the molecule is CCCNC(=O)Nc1ccc2c(c1)C(=O)N(C)[C@@H]1CC[C@@H](CC(=O)NC)O[C@H]1CO2. The Morgan fingerprint density at radius 3 is 2.80 bits per heavy atom. The molecule has 1 aromatic rings. The lowest BCUT2D eigenvalue weighted by molar-refractivity contribution is -0.133. The minimum Gasteiger partial charge on any atom is -0.490 e. The Kier molecular flexibility index (Phi) is 7.15. The normalized spacial score (nSPS) is 23.2. The van der Waals surface area contributed by atoms with Gasteiger partial charge >= 0.3 is 6.03 Å². The average molecular weight is 418 g/mol. The summed E-state index contributed by atoms with van der Waals surface area (Å²) in [6, 6.07) is 4.57. The Balaban J connectivity index is 1.74. The number of nitrogens with one attached hydrogen (secondary N) is 3. The van der Waals surface area contributed by atoms with Crippen molar-refractivity contribution in [2.24, 2.45) is 0 Å². The van der Waals surface area contributed by atoms with Crippen molar-refractivity contribution in [3.8, 4) is 5.75 Å². The molecule has 4 amide bonds. The van der Waals surface area contributed by atoms with Crippen molar-refractivity contribution in [1.29, 1.82) is 0 Å². The van der Waals surface area contributed by atoms with Crippen LogP contribution in [0.5, 0.6) is 5.75 Å². The minimum absolute atomic E-state index is 0.0667. The van der Waals surface area contributed by atoms with Crippen LogP contribution in [0.4, 0.5) is 10.5 Å². The highest BCUT2D eigenvalue weighted by molar-refractivity contribution is 5.99. The van der Waals surface area contributed by atoms with Crippen LogP contribution in [0.15, 0.2) is 18.2 Å². The lowest BCUT2D eigenvalue weighted by atomic mass is 9.94. The molecule has 0 aromatic heterocycles. The molecule has 0 spiro atoms. The molecule has 2 heterocycles. The van der Waals surface area contributed by atoms with E-state index < -0.39 is 0 Å². The standard InChI is InChI=1S/C21H30N4O5/c1-4-9-23-21(28)24-13-5-8-17-15(10-13)20(27)25(3)16-7-6-14(11-19(26)22-2)30-18(16)12-29-17/h5,8,10,14,16,18H,4,6-7,9,11-12H2,1-3H3,(H,22,26)(H2,23,24,28)/t14-,16+,18-/m0/s1. The fourth-order valence-electron chi connectivity index (χ4n) is 3.83.